The number of hydrogen-bond donors (Lipinski definition) is 1. The van der Waals surface area contributed by atoms with Crippen molar-refractivity contribution in [1.29, 1.82) is 0 Å². The Balaban J connectivity index is 1.53. The SMILES string of the molecule is COC(=O)C(C(C)C)N1Cc2ccc(-c3ccc(NC(=O)c4ccc(C(C)(C)C)cc4)cc3Cl)cc2C1=O. The fraction of sp³-hybridized carbons (Fsp3) is 0.323. The van der Waals surface area contributed by atoms with Gasteiger partial charge in [-0.15, -0.1) is 0 Å². The monoisotopic (exact) mass is 532 g/mol. The highest BCUT2D eigenvalue weighted by molar-refractivity contribution is 6.33. The van der Waals surface area contributed by atoms with Crippen LogP contribution >= 0.6 is 11.6 Å². The van der Waals surface area contributed by atoms with E-state index in [0.29, 0.717) is 28.4 Å². The van der Waals surface area contributed by atoms with Crippen molar-refractivity contribution in [3.63, 3.8) is 0 Å². The molecule has 0 saturated carbocycles. The standard InChI is InChI=1S/C31H33ClN2O4/c1-18(2)27(30(37)38-6)34-17-21-8-7-20(15-25(21)29(34)36)24-14-13-23(16-26(24)32)33-28(35)19-9-11-22(12-10-19)31(3,4)5/h7-16,18,27H,17H2,1-6H3,(H,33,35). The topological polar surface area (TPSA) is 75.7 Å². The zero-order valence-electron chi connectivity index (χ0n) is 22.6. The third-order valence-corrected chi connectivity index (χ3v) is 7.22. The number of carbonyl (C=O) groups is 3. The molecular weight excluding hydrogens is 500 g/mol. The van der Waals surface area contributed by atoms with Gasteiger partial charge in [-0.1, -0.05) is 76.6 Å². The third-order valence-electron chi connectivity index (χ3n) is 6.90. The van der Waals surface area contributed by atoms with Crippen LogP contribution in [0.15, 0.2) is 60.7 Å². The van der Waals surface area contributed by atoms with E-state index in [2.05, 4.69) is 26.1 Å². The summed E-state index contributed by atoms with van der Waals surface area (Å²) in [5, 5.41) is 3.35. The average Bonchev–Trinajstić information content (AvgIpc) is 3.18. The Hall–Kier alpha value is -3.64. The van der Waals surface area contributed by atoms with Crippen molar-refractivity contribution >= 4 is 35.1 Å². The highest BCUT2D eigenvalue weighted by Gasteiger charge is 2.38. The summed E-state index contributed by atoms with van der Waals surface area (Å²) in [6.07, 6.45) is 0. The molecule has 38 heavy (non-hydrogen) atoms. The summed E-state index contributed by atoms with van der Waals surface area (Å²) in [4.78, 5) is 40.0. The molecule has 0 saturated heterocycles. The van der Waals surface area contributed by atoms with Crippen molar-refractivity contribution in [2.45, 2.75) is 52.6 Å². The van der Waals surface area contributed by atoms with Crippen molar-refractivity contribution < 1.29 is 19.1 Å². The van der Waals surface area contributed by atoms with Crippen LogP contribution in [0.4, 0.5) is 5.69 Å². The molecule has 6 nitrogen and oxygen atoms in total. The van der Waals surface area contributed by atoms with Crippen molar-refractivity contribution in [3.8, 4) is 11.1 Å². The van der Waals surface area contributed by atoms with Crippen molar-refractivity contribution in [3.05, 3.63) is 87.9 Å². The molecule has 3 aromatic carbocycles. The molecule has 0 spiro atoms. The van der Waals surface area contributed by atoms with Gasteiger partial charge in [0.05, 0.1) is 12.1 Å². The maximum Gasteiger partial charge on any atom is 0.328 e. The van der Waals surface area contributed by atoms with Gasteiger partial charge in [-0.25, -0.2) is 4.79 Å². The van der Waals surface area contributed by atoms with Crippen LogP contribution in [0.3, 0.4) is 0 Å². The van der Waals surface area contributed by atoms with Gasteiger partial charge >= 0.3 is 5.97 Å². The van der Waals surface area contributed by atoms with Gasteiger partial charge in [0.2, 0.25) is 0 Å². The first kappa shape index (κ1) is 27.4. The van der Waals surface area contributed by atoms with Gasteiger partial charge < -0.3 is 15.0 Å². The number of anilines is 1. The number of halogens is 1. The molecule has 0 aliphatic carbocycles. The molecule has 1 aliphatic heterocycles. The third kappa shape index (κ3) is 5.46. The fourth-order valence-corrected chi connectivity index (χ4v) is 5.04. The molecule has 4 rings (SSSR count). The molecule has 0 radical (unpaired) electrons. The van der Waals surface area contributed by atoms with E-state index < -0.39 is 12.0 Å². The molecule has 1 aliphatic rings. The van der Waals surface area contributed by atoms with E-state index in [1.165, 1.54) is 7.11 Å². The molecule has 0 aromatic heterocycles. The molecular formula is C31H33ClN2O4. The minimum absolute atomic E-state index is 0.0102. The molecule has 0 bridgehead atoms. The van der Waals surface area contributed by atoms with Gasteiger partial charge in [-0.05, 0) is 58.4 Å². The second-order valence-electron chi connectivity index (χ2n) is 11.0. The molecule has 7 heteroatoms. The van der Waals surface area contributed by atoms with Crippen LogP contribution < -0.4 is 5.32 Å². The fourth-order valence-electron chi connectivity index (χ4n) is 4.75. The lowest BCUT2D eigenvalue weighted by molar-refractivity contribution is -0.147. The number of carbonyl (C=O) groups excluding carboxylic acids is 3. The van der Waals surface area contributed by atoms with Gasteiger partial charge in [-0.3, -0.25) is 9.59 Å². The van der Waals surface area contributed by atoms with Crippen molar-refractivity contribution in [1.82, 2.24) is 4.90 Å². The zero-order chi connectivity index (χ0) is 27.8. The van der Waals surface area contributed by atoms with Gasteiger partial charge in [0.1, 0.15) is 6.04 Å². The smallest absolute Gasteiger partial charge is 0.328 e. The van der Waals surface area contributed by atoms with Crippen LogP contribution in [0.25, 0.3) is 11.1 Å². The Labute approximate surface area is 228 Å². The van der Waals surface area contributed by atoms with Crippen molar-refractivity contribution in [2.75, 3.05) is 12.4 Å². The lowest BCUT2D eigenvalue weighted by atomic mass is 9.87. The van der Waals surface area contributed by atoms with Crippen molar-refractivity contribution in [2.24, 2.45) is 5.92 Å². The number of benzene rings is 3. The predicted octanol–water partition coefficient (Wildman–Crippen LogP) is 6.71. The van der Waals surface area contributed by atoms with Gasteiger partial charge in [0.15, 0.2) is 0 Å². The first-order valence-corrected chi connectivity index (χ1v) is 13.0. The number of esters is 1. The molecule has 3 aromatic rings. The molecule has 1 unspecified atom stereocenters. The second-order valence-corrected chi connectivity index (χ2v) is 11.4. The van der Waals surface area contributed by atoms with Gasteiger partial charge in [0, 0.05) is 28.9 Å². The number of amides is 2. The predicted molar refractivity (Wildman–Crippen MR) is 150 cm³/mol. The molecule has 1 heterocycles. The Kier molecular flexibility index (Phi) is 7.65. The average molecular weight is 533 g/mol. The molecule has 2 amide bonds. The van der Waals surface area contributed by atoms with Gasteiger partial charge in [0.25, 0.3) is 11.8 Å². The highest BCUT2D eigenvalue weighted by atomic mass is 35.5. The summed E-state index contributed by atoms with van der Waals surface area (Å²) < 4.78 is 4.95. The number of nitrogens with zero attached hydrogens (tertiary/aromatic N) is 1. The molecule has 1 N–H and O–H groups in total. The Bertz CT molecular complexity index is 1390. The molecule has 0 fully saturated rings. The zero-order valence-corrected chi connectivity index (χ0v) is 23.3. The first-order valence-electron chi connectivity index (χ1n) is 12.6. The van der Waals surface area contributed by atoms with Crippen LogP contribution in [0.5, 0.6) is 0 Å². The van der Waals surface area contributed by atoms with E-state index in [-0.39, 0.29) is 23.1 Å². The minimum atomic E-state index is -0.653. The Morgan fingerprint density at radius 1 is 0.974 bits per heavy atom. The summed E-state index contributed by atoms with van der Waals surface area (Å²) in [7, 11) is 1.33. The van der Waals surface area contributed by atoms with Crippen LogP contribution in [0, 0.1) is 5.92 Å². The summed E-state index contributed by atoms with van der Waals surface area (Å²) in [6.45, 7) is 10.5. The molecule has 198 valence electrons. The van der Waals surface area contributed by atoms with E-state index in [1.807, 2.05) is 62.4 Å². The van der Waals surface area contributed by atoms with Crippen LogP contribution in [-0.2, 0) is 21.5 Å². The normalized spacial score (nSPS) is 13.9. The maximum atomic E-state index is 13.3. The summed E-state index contributed by atoms with van der Waals surface area (Å²) in [5.41, 5.74) is 5.21. The number of hydrogen-bond acceptors (Lipinski definition) is 4. The number of methoxy groups -OCH3 is 1. The number of ether oxygens (including phenoxy) is 1. The summed E-state index contributed by atoms with van der Waals surface area (Å²) >= 11 is 6.62. The van der Waals surface area contributed by atoms with E-state index in [4.69, 9.17) is 16.3 Å². The number of rotatable bonds is 6. The summed E-state index contributed by atoms with van der Waals surface area (Å²) in [5.74, 6) is -0.938. The van der Waals surface area contributed by atoms with Crippen LogP contribution in [-0.4, -0.2) is 35.8 Å². The highest BCUT2D eigenvalue weighted by Crippen LogP contribution is 2.35. The first-order chi connectivity index (χ1) is 17.9. The maximum absolute atomic E-state index is 13.3. The minimum Gasteiger partial charge on any atom is -0.467 e. The van der Waals surface area contributed by atoms with E-state index in [1.54, 1.807) is 17.0 Å². The van der Waals surface area contributed by atoms with E-state index in [9.17, 15) is 14.4 Å². The number of nitrogens with one attached hydrogen (secondary N) is 1. The lowest BCUT2D eigenvalue weighted by Gasteiger charge is -2.28. The van der Waals surface area contributed by atoms with Gasteiger partial charge in [-0.2, -0.15) is 0 Å². The molecule has 1 atom stereocenters. The van der Waals surface area contributed by atoms with E-state index >= 15 is 0 Å². The second kappa shape index (κ2) is 10.6. The van der Waals surface area contributed by atoms with Crippen LogP contribution in [0.1, 0.15) is 66.5 Å². The lowest BCUT2D eigenvalue weighted by Crippen LogP contribution is -2.45. The Morgan fingerprint density at radius 2 is 1.66 bits per heavy atom. The quantitative estimate of drug-likeness (QED) is 0.358. The summed E-state index contributed by atoms with van der Waals surface area (Å²) in [6, 6.07) is 17.8. The largest absolute Gasteiger partial charge is 0.467 e. The van der Waals surface area contributed by atoms with E-state index in [0.717, 1.165) is 22.3 Å². The number of fused-ring (bicyclic) bond motifs is 1. The Morgan fingerprint density at radius 3 is 2.24 bits per heavy atom. The van der Waals surface area contributed by atoms with Crippen LogP contribution in [0.2, 0.25) is 5.02 Å².